The standard InChI is InChI=1S/C16H18BrNO3/c1-19-15-6-4-12(8-16(15)20-2)10-21-14-5-3-11(9-18)7-13(14)17/h3-8H,9-10,18H2,1-2H3. The fourth-order valence-electron chi connectivity index (χ4n) is 1.92. The fourth-order valence-corrected chi connectivity index (χ4v) is 2.46. The minimum atomic E-state index is 0.445. The van der Waals surface area contributed by atoms with Crippen LogP contribution in [0.5, 0.6) is 17.2 Å². The molecule has 0 spiro atoms. The van der Waals surface area contributed by atoms with E-state index in [1.807, 2.05) is 36.4 Å². The van der Waals surface area contributed by atoms with Crippen LogP contribution < -0.4 is 19.9 Å². The van der Waals surface area contributed by atoms with Crippen LogP contribution in [0.3, 0.4) is 0 Å². The smallest absolute Gasteiger partial charge is 0.161 e. The quantitative estimate of drug-likeness (QED) is 0.865. The van der Waals surface area contributed by atoms with Crippen molar-refractivity contribution in [3.8, 4) is 17.2 Å². The van der Waals surface area contributed by atoms with Crippen molar-refractivity contribution in [1.29, 1.82) is 0 Å². The van der Waals surface area contributed by atoms with Crippen LogP contribution in [0.25, 0.3) is 0 Å². The SMILES string of the molecule is COc1ccc(COc2ccc(CN)cc2Br)cc1OC. The molecule has 0 fully saturated rings. The molecule has 0 aromatic heterocycles. The lowest BCUT2D eigenvalue weighted by molar-refractivity contribution is 0.302. The number of hydrogen-bond acceptors (Lipinski definition) is 4. The Balaban J connectivity index is 2.09. The monoisotopic (exact) mass is 351 g/mol. The van der Waals surface area contributed by atoms with Crippen molar-refractivity contribution in [1.82, 2.24) is 0 Å². The summed E-state index contributed by atoms with van der Waals surface area (Å²) < 4.78 is 17.2. The molecule has 112 valence electrons. The third-order valence-corrected chi connectivity index (χ3v) is 3.69. The Morgan fingerprint density at radius 1 is 0.905 bits per heavy atom. The lowest BCUT2D eigenvalue weighted by Gasteiger charge is -2.12. The molecule has 0 amide bonds. The summed E-state index contributed by atoms with van der Waals surface area (Å²) in [5.41, 5.74) is 7.66. The number of hydrogen-bond donors (Lipinski definition) is 1. The number of benzene rings is 2. The molecule has 2 N–H and O–H groups in total. The van der Waals surface area contributed by atoms with Crippen molar-refractivity contribution in [2.75, 3.05) is 14.2 Å². The van der Waals surface area contributed by atoms with E-state index in [9.17, 15) is 0 Å². The summed E-state index contributed by atoms with van der Waals surface area (Å²) in [4.78, 5) is 0. The Kier molecular flexibility index (Phi) is 5.47. The van der Waals surface area contributed by atoms with E-state index in [1.165, 1.54) is 0 Å². The largest absolute Gasteiger partial charge is 0.493 e. The molecular weight excluding hydrogens is 334 g/mol. The first-order valence-electron chi connectivity index (χ1n) is 6.50. The first-order valence-corrected chi connectivity index (χ1v) is 7.29. The van der Waals surface area contributed by atoms with E-state index in [1.54, 1.807) is 14.2 Å². The number of ether oxygens (including phenoxy) is 3. The van der Waals surface area contributed by atoms with Gasteiger partial charge in [-0.05, 0) is 51.3 Å². The van der Waals surface area contributed by atoms with Gasteiger partial charge in [0.25, 0.3) is 0 Å². The van der Waals surface area contributed by atoms with Gasteiger partial charge in [-0.1, -0.05) is 12.1 Å². The normalized spacial score (nSPS) is 10.3. The van der Waals surface area contributed by atoms with Crippen molar-refractivity contribution in [2.24, 2.45) is 5.73 Å². The summed E-state index contributed by atoms with van der Waals surface area (Å²) >= 11 is 3.49. The molecule has 4 nitrogen and oxygen atoms in total. The zero-order chi connectivity index (χ0) is 15.2. The highest BCUT2D eigenvalue weighted by Gasteiger charge is 2.06. The molecular formula is C16H18BrNO3. The molecule has 0 unspecified atom stereocenters. The molecule has 0 aliphatic carbocycles. The van der Waals surface area contributed by atoms with E-state index < -0.39 is 0 Å². The van der Waals surface area contributed by atoms with Gasteiger partial charge in [0.05, 0.1) is 18.7 Å². The van der Waals surface area contributed by atoms with Gasteiger partial charge in [0.15, 0.2) is 11.5 Å². The van der Waals surface area contributed by atoms with Crippen LogP contribution in [-0.2, 0) is 13.2 Å². The molecule has 0 atom stereocenters. The molecule has 2 rings (SSSR count). The molecule has 2 aromatic carbocycles. The van der Waals surface area contributed by atoms with E-state index in [0.29, 0.717) is 24.7 Å². The summed E-state index contributed by atoms with van der Waals surface area (Å²) in [6.07, 6.45) is 0. The van der Waals surface area contributed by atoms with Crippen molar-refractivity contribution in [3.05, 3.63) is 52.0 Å². The predicted molar refractivity (Wildman–Crippen MR) is 85.9 cm³/mol. The van der Waals surface area contributed by atoms with Gasteiger partial charge in [-0.25, -0.2) is 0 Å². The average Bonchev–Trinajstić information content (AvgIpc) is 2.53. The molecule has 0 aliphatic rings. The van der Waals surface area contributed by atoms with Gasteiger partial charge in [-0.3, -0.25) is 0 Å². The Morgan fingerprint density at radius 2 is 1.57 bits per heavy atom. The third kappa shape index (κ3) is 3.89. The predicted octanol–water partition coefficient (Wildman–Crippen LogP) is 3.50. The number of methoxy groups -OCH3 is 2. The van der Waals surface area contributed by atoms with E-state index in [4.69, 9.17) is 19.9 Å². The number of halogens is 1. The van der Waals surface area contributed by atoms with Crippen LogP contribution in [0.1, 0.15) is 11.1 Å². The van der Waals surface area contributed by atoms with E-state index >= 15 is 0 Å². The Hall–Kier alpha value is -1.72. The lowest BCUT2D eigenvalue weighted by atomic mass is 10.2. The zero-order valence-electron chi connectivity index (χ0n) is 12.1. The van der Waals surface area contributed by atoms with Crippen molar-refractivity contribution in [2.45, 2.75) is 13.2 Å². The minimum absolute atomic E-state index is 0.445. The van der Waals surface area contributed by atoms with Crippen molar-refractivity contribution < 1.29 is 14.2 Å². The van der Waals surface area contributed by atoms with Gasteiger partial charge in [0.2, 0.25) is 0 Å². The number of rotatable bonds is 6. The van der Waals surface area contributed by atoms with Crippen LogP contribution in [0.4, 0.5) is 0 Å². The van der Waals surface area contributed by atoms with E-state index in [2.05, 4.69) is 15.9 Å². The first-order chi connectivity index (χ1) is 10.2. The molecule has 21 heavy (non-hydrogen) atoms. The van der Waals surface area contributed by atoms with Crippen LogP contribution in [-0.4, -0.2) is 14.2 Å². The van der Waals surface area contributed by atoms with Crippen molar-refractivity contribution in [3.63, 3.8) is 0 Å². The van der Waals surface area contributed by atoms with Crippen LogP contribution in [0.2, 0.25) is 0 Å². The topological polar surface area (TPSA) is 53.7 Å². The maximum absolute atomic E-state index is 5.81. The maximum atomic E-state index is 5.81. The molecule has 0 heterocycles. The second-order valence-electron chi connectivity index (χ2n) is 4.45. The van der Waals surface area contributed by atoms with Crippen LogP contribution in [0.15, 0.2) is 40.9 Å². The highest BCUT2D eigenvalue weighted by Crippen LogP contribution is 2.30. The average molecular weight is 352 g/mol. The summed E-state index contributed by atoms with van der Waals surface area (Å²) in [5, 5.41) is 0. The third-order valence-electron chi connectivity index (χ3n) is 3.07. The molecule has 2 aromatic rings. The lowest BCUT2D eigenvalue weighted by Crippen LogP contribution is -2.00. The molecule has 5 heteroatoms. The molecule has 0 bridgehead atoms. The molecule has 0 saturated heterocycles. The molecule has 0 radical (unpaired) electrons. The van der Waals surface area contributed by atoms with Gasteiger partial charge in [0.1, 0.15) is 12.4 Å². The molecule has 0 saturated carbocycles. The van der Waals surface area contributed by atoms with E-state index in [0.717, 1.165) is 21.3 Å². The highest BCUT2D eigenvalue weighted by molar-refractivity contribution is 9.10. The fraction of sp³-hybridized carbons (Fsp3) is 0.250. The number of nitrogens with two attached hydrogens (primary N) is 1. The zero-order valence-corrected chi connectivity index (χ0v) is 13.6. The summed E-state index contributed by atoms with van der Waals surface area (Å²) in [7, 11) is 3.23. The molecule has 0 aliphatic heterocycles. The van der Waals surface area contributed by atoms with Gasteiger partial charge >= 0.3 is 0 Å². The van der Waals surface area contributed by atoms with E-state index in [-0.39, 0.29) is 0 Å². The highest BCUT2D eigenvalue weighted by atomic mass is 79.9. The second-order valence-corrected chi connectivity index (χ2v) is 5.30. The summed E-state index contributed by atoms with van der Waals surface area (Å²) in [6, 6.07) is 11.5. The van der Waals surface area contributed by atoms with Gasteiger partial charge in [0, 0.05) is 6.54 Å². The van der Waals surface area contributed by atoms with Crippen LogP contribution in [0, 0.1) is 0 Å². The Labute approximate surface area is 132 Å². The van der Waals surface area contributed by atoms with Gasteiger partial charge < -0.3 is 19.9 Å². The summed E-state index contributed by atoms with van der Waals surface area (Å²) in [5.74, 6) is 2.17. The second kappa shape index (κ2) is 7.33. The van der Waals surface area contributed by atoms with Gasteiger partial charge in [-0.15, -0.1) is 0 Å². The first kappa shape index (κ1) is 15.7. The van der Waals surface area contributed by atoms with Crippen LogP contribution >= 0.6 is 15.9 Å². The maximum Gasteiger partial charge on any atom is 0.161 e. The minimum Gasteiger partial charge on any atom is -0.493 e. The summed E-state index contributed by atoms with van der Waals surface area (Å²) in [6.45, 7) is 0.954. The Bertz CT molecular complexity index is 616. The van der Waals surface area contributed by atoms with Crippen molar-refractivity contribution >= 4 is 15.9 Å². The van der Waals surface area contributed by atoms with Gasteiger partial charge in [-0.2, -0.15) is 0 Å². The Morgan fingerprint density at radius 3 is 2.19 bits per heavy atom.